The topological polar surface area (TPSA) is 45.7 Å². The number of nitrogens with zero attached hydrogens (tertiary/aromatic N) is 6. The average molecular weight is 1590 g/mol. The van der Waals surface area contributed by atoms with Crippen molar-refractivity contribution in [3.05, 3.63) is 374 Å². The van der Waals surface area contributed by atoms with Gasteiger partial charge in [-0.1, -0.05) is 91.0 Å². The van der Waals surface area contributed by atoms with E-state index in [4.69, 9.17) is 8.83 Å². The van der Waals surface area contributed by atoms with Crippen molar-refractivity contribution < 1.29 is 8.83 Å². The molecule has 0 saturated heterocycles. The molecule has 24 rings (SSSR count). The molecule has 540 valence electrons. The van der Waals surface area contributed by atoms with Crippen LogP contribution in [-0.4, -0.2) is 29.9 Å². The molecule has 0 unspecified atom stereocenters. The maximum absolute atomic E-state index is 6.53. The van der Waals surface area contributed by atoms with Gasteiger partial charge in [0.05, 0.1) is 45.5 Å². The molecule has 0 atom stereocenters. The summed E-state index contributed by atoms with van der Waals surface area (Å²) < 4.78 is 18.6. The summed E-state index contributed by atoms with van der Waals surface area (Å²) in [6.45, 7) is 8.77. The molecular formula is C104H70N6O2Se2. The molecular weight excluding hydrogens is 1520 g/mol. The van der Waals surface area contributed by atoms with Crippen LogP contribution in [0.4, 0.5) is 102 Å². The molecule has 0 N–H and O–H groups in total. The normalized spacial score (nSPS) is 13.3. The van der Waals surface area contributed by atoms with Crippen molar-refractivity contribution in [2.45, 2.75) is 27.7 Å². The van der Waals surface area contributed by atoms with E-state index in [1.165, 1.54) is 139 Å². The number of hydrogen-bond acceptors (Lipinski definition) is 8. The second kappa shape index (κ2) is 26.0. The van der Waals surface area contributed by atoms with E-state index in [0.717, 1.165) is 90.0 Å². The van der Waals surface area contributed by atoms with Crippen LogP contribution in [-0.2, 0) is 0 Å². The number of aryl methyl sites for hydroxylation is 4. The van der Waals surface area contributed by atoms with E-state index in [1.807, 2.05) is 6.07 Å². The standard InChI is InChI=1S/C58H40N4O.C46H30N2OSe2/c1-37-21-27-51-53(29-37)60(44-15-7-4-8-16-44)54-30-38(2)22-28-52(54)61(51)45-25-23-39-32-42-34-46(26-24-40(42)31-41(39)33-45)62-50-19-11-10-18-49(50)59(43-13-5-3-6-14-43)55-35-48-47-17-9-12-20-57(47)63-58(48)36-56(55)62;1-27-19-21-36-42(23-27)51-43-24-28(2)20-22-37(43)47(36)45-30-12-3-5-14-32(30)46(33-15-6-4-13-31(33)45)48-35-16-8-10-18-41(35)50-44-25-34-29-11-7-9-17-39(29)49-40(34)26-38(44)48/h3-36H,1-2H3;3-26H,1-2H3. The van der Waals surface area contributed by atoms with Crippen LogP contribution in [0.3, 0.4) is 0 Å². The van der Waals surface area contributed by atoms with Crippen molar-refractivity contribution >= 4 is 237 Å². The average Bonchev–Trinajstić information content (AvgIpc) is 1.42. The monoisotopic (exact) mass is 1590 g/mol. The first kappa shape index (κ1) is 66.2. The Morgan fingerprint density at radius 2 is 0.526 bits per heavy atom. The molecule has 20 aromatic rings. The Balaban J connectivity index is 0.000000138. The van der Waals surface area contributed by atoms with Crippen LogP contribution in [0, 0.1) is 27.7 Å². The number of fused-ring (bicyclic) bond motifs is 18. The molecule has 114 heavy (non-hydrogen) atoms. The summed E-state index contributed by atoms with van der Waals surface area (Å²) in [6.07, 6.45) is 0. The molecule has 2 aromatic heterocycles. The van der Waals surface area contributed by atoms with E-state index in [2.05, 4.69) is 403 Å². The summed E-state index contributed by atoms with van der Waals surface area (Å²) in [4.78, 5) is 14.7. The Morgan fingerprint density at radius 1 is 0.184 bits per heavy atom. The van der Waals surface area contributed by atoms with Gasteiger partial charge >= 0.3 is 310 Å². The van der Waals surface area contributed by atoms with Crippen molar-refractivity contribution in [1.82, 2.24) is 0 Å². The summed E-state index contributed by atoms with van der Waals surface area (Å²) in [7, 11) is 0. The van der Waals surface area contributed by atoms with Crippen LogP contribution in [0.25, 0.3) is 87.0 Å². The van der Waals surface area contributed by atoms with Gasteiger partial charge < -0.3 is 24.0 Å². The van der Waals surface area contributed by atoms with Crippen molar-refractivity contribution in [1.29, 1.82) is 0 Å². The second-order valence-electron chi connectivity index (χ2n) is 30.3. The summed E-state index contributed by atoms with van der Waals surface area (Å²) >= 11 is 0.357. The van der Waals surface area contributed by atoms with E-state index in [-0.39, 0.29) is 29.9 Å². The minimum absolute atomic E-state index is 0.139. The molecule has 10 heteroatoms. The fraction of sp³-hybridized carbons (Fsp3) is 0.0385. The van der Waals surface area contributed by atoms with Crippen molar-refractivity contribution in [2.75, 3.05) is 29.4 Å². The molecule has 0 spiro atoms. The minimum atomic E-state index is 0.139. The third-order valence-electron chi connectivity index (χ3n) is 23.1. The number of para-hydroxylation sites is 7. The van der Waals surface area contributed by atoms with Gasteiger partial charge in [-0.3, -0.25) is 0 Å². The van der Waals surface area contributed by atoms with Crippen molar-refractivity contribution in [2.24, 2.45) is 0 Å². The fourth-order valence-electron chi connectivity index (χ4n) is 18.0. The fourth-order valence-corrected chi connectivity index (χ4v) is 22.9. The molecule has 8 nitrogen and oxygen atoms in total. The van der Waals surface area contributed by atoms with E-state index in [9.17, 15) is 0 Å². The predicted octanol–water partition coefficient (Wildman–Crippen LogP) is 26.4. The number of furan rings is 2. The van der Waals surface area contributed by atoms with Crippen molar-refractivity contribution in [3.63, 3.8) is 0 Å². The Hall–Kier alpha value is -13.6. The van der Waals surface area contributed by atoms with Gasteiger partial charge in [0, 0.05) is 39.6 Å². The summed E-state index contributed by atoms with van der Waals surface area (Å²) in [5.41, 5.74) is 29.6. The van der Waals surface area contributed by atoms with Gasteiger partial charge in [-0.05, 0) is 156 Å². The predicted molar refractivity (Wildman–Crippen MR) is 482 cm³/mol. The Bertz CT molecular complexity index is 7280. The van der Waals surface area contributed by atoms with Gasteiger partial charge in [0.1, 0.15) is 11.2 Å². The van der Waals surface area contributed by atoms with Crippen molar-refractivity contribution in [3.8, 4) is 0 Å². The van der Waals surface area contributed by atoms with Gasteiger partial charge in [-0.15, -0.1) is 0 Å². The van der Waals surface area contributed by atoms with E-state index in [0.29, 0.717) is 0 Å². The Kier molecular flexibility index (Phi) is 15.1. The number of benzene rings is 18. The Morgan fingerprint density at radius 3 is 1.04 bits per heavy atom. The van der Waals surface area contributed by atoms with Crippen LogP contribution < -0.4 is 47.2 Å². The molecule has 6 heterocycles. The van der Waals surface area contributed by atoms with Crippen LogP contribution >= 0.6 is 0 Å². The first-order valence-corrected chi connectivity index (χ1v) is 42.3. The third kappa shape index (κ3) is 10.5. The van der Waals surface area contributed by atoms with E-state index in [1.54, 1.807) is 0 Å². The first-order valence-electron chi connectivity index (χ1n) is 38.8. The van der Waals surface area contributed by atoms with Crippen LogP contribution in [0.5, 0.6) is 0 Å². The van der Waals surface area contributed by atoms with E-state index < -0.39 is 0 Å². The molecule has 0 fully saturated rings. The zero-order chi connectivity index (χ0) is 75.6. The molecule has 0 aliphatic carbocycles. The van der Waals surface area contributed by atoms with Gasteiger partial charge in [-0.25, -0.2) is 0 Å². The van der Waals surface area contributed by atoms with Crippen LogP contribution in [0.1, 0.15) is 22.3 Å². The van der Waals surface area contributed by atoms with Gasteiger partial charge in [0.15, 0.2) is 0 Å². The number of hydrogen-bond donors (Lipinski definition) is 0. The molecule has 18 aromatic carbocycles. The molecule has 0 saturated carbocycles. The summed E-state index contributed by atoms with van der Waals surface area (Å²) in [5, 5.41) is 14.3. The van der Waals surface area contributed by atoms with Gasteiger partial charge in [0.2, 0.25) is 0 Å². The SMILES string of the molecule is Cc1ccc2c(c1)N(c1ccccc1)c1cc(C)ccc1N2c1ccc2cc3cc(N4c5ccccc5N(c5ccccc5)c5cc6c(cc54)oc4ccccc46)ccc3cc2c1.Cc1ccc2c(c1)[Se]c1cc(C)ccc1N2c1c2ccccc2c(N2c3ccccc3[Se]c3cc4c(cc32)oc2ccccc24)c2ccccc12. The van der Waals surface area contributed by atoms with E-state index >= 15 is 0 Å². The molecule has 0 bridgehead atoms. The van der Waals surface area contributed by atoms with Gasteiger partial charge in [0.25, 0.3) is 0 Å². The summed E-state index contributed by atoms with van der Waals surface area (Å²) in [5.74, 6) is 0. The van der Waals surface area contributed by atoms with Crippen LogP contribution in [0.2, 0.25) is 0 Å². The molecule has 0 radical (unpaired) electrons. The number of anilines is 18. The zero-order valence-electron chi connectivity index (χ0n) is 62.8. The first-order chi connectivity index (χ1) is 56.1. The zero-order valence-corrected chi connectivity index (χ0v) is 66.2. The summed E-state index contributed by atoms with van der Waals surface area (Å²) in [6, 6.07) is 129. The molecule has 4 aliphatic rings. The third-order valence-corrected chi connectivity index (χ3v) is 27.8. The molecule has 0 amide bonds. The molecule has 4 aliphatic heterocycles. The van der Waals surface area contributed by atoms with Gasteiger partial charge in [-0.2, -0.15) is 0 Å². The number of rotatable bonds is 6. The second-order valence-corrected chi connectivity index (χ2v) is 34.9. The quantitative estimate of drug-likeness (QED) is 0.121. The Labute approximate surface area is 672 Å². The van der Waals surface area contributed by atoms with Crippen LogP contribution in [0.15, 0.2) is 361 Å². The maximum atomic E-state index is 6.53.